The zero-order chi connectivity index (χ0) is 34.8. The van der Waals surface area contributed by atoms with Gasteiger partial charge >= 0.3 is 17.9 Å². The summed E-state index contributed by atoms with van der Waals surface area (Å²) in [6.45, 7) is 8.09. The molecule has 0 saturated carbocycles. The van der Waals surface area contributed by atoms with Crippen molar-refractivity contribution in [3.05, 3.63) is 85.5 Å². The van der Waals surface area contributed by atoms with E-state index >= 15 is 0 Å². The Kier molecular flexibility index (Phi) is 12.7. The predicted molar refractivity (Wildman–Crippen MR) is 172 cm³/mol. The van der Waals surface area contributed by atoms with Crippen LogP contribution in [0.15, 0.2) is 24.3 Å². The monoisotopic (exact) mass is 648 g/mol. The van der Waals surface area contributed by atoms with Crippen molar-refractivity contribution in [1.82, 2.24) is 0 Å². The second kappa shape index (κ2) is 16.4. The van der Waals surface area contributed by atoms with E-state index in [4.69, 9.17) is 18.9 Å². The molecular weight excluding hydrogens is 608 g/mol. The number of esters is 3. The lowest BCUT2D eigenvalue weighted by atomic mass is 9.89. The Bertz CT molecular complexity index is 1580. The molecule has 11 nitrogen and oxygen atoms in total. The van der Waals surface area contributed by atoms with Crippen LogP contribution < -0.4 is 14.2 Å². The molecule has 0 fully saturated rings. The van der Waals surface area contributed by atoms with Gasteiger partial charge in [0.05, 0.1) is 32.5 Å². The molecule has 0 unspecified atom stereocenters. The third-order valence-electron chi connectivity index (χ3n) is 7.83. The molecule has 3 aromatic carbocycles. The summed E-state index contributed by atoms with van der Waals surface area (Å²) >= 11 is 0. The Morgan fingerprint density at radius 1 is 0.532 bits per heavy atom. The zero-order valence-electron chi connectivity index (χ0n) is 28.0. The first-order valence-corrected chi connectivity index (χ1v) is 14.8. The highest BCUT2D eigenvalue weighted by atomic mass is 16.6. The minimum Gasteiger partial charge on any atom is -0.481 e. The molecule has 0 radical (unpaired) electrons. The van der Waals surface area contributed by atoms with E-state index in [-0.39, 0.29) is 19.8 Å². The Labute approximate surface area is 274 Å². The molecule has 0 saturated heterocycles. The fraction of sp³-hybridized carbons (Fsp3) is 0.361. The first-order valence-electron chi connectivity index (χ1n) is 14.8. The van der Waals surface area contributed by atoms with E-state index in [0.29, 0.717) is 76.0 Å². The first kappa shape index (κ1) is 36.3. The lowest BCUT2D eigenvalue weighted by Crippen LogP contribution is -2.16. The zero-order valence-corrected chi connectivity index (χ0v) is 28.0. The maximum atomic E-state index is 12.2. The molecule has 0 aliphatic rings. The van der Waals surface area contributed by atoms with Crippen molar-refractivity contribution in [3.8, 4) is 17.2 Å². The second-order valence-corrected chi connectivity index (χ2v) is 11.0. The van der Waals surface area contributed by atoms with E-state index in [0.717, 1.165) is 27.8 Å². The van der Waals surface area contributed by atoms with Crippen molar-refractivity contribution in [2.24, 2.45) is 0 Å². The number of rotatable bonds is 15. The van der Waals surface area contributed by atoms with Gasteiger partial charge in [0, 0.05) is 12.8 Å². The summed E-state index contributed by atoms with van der Waals surface area (Å²) in [6.07, 6.45) is 2.08. The predicted octanol–water partition coefficient (Wildman–Crippen LogP) is 4.69. The minimum absolute atomic E-state index is 0.301. The van der Waals surface area contributed by atoms with Crippen molar-refractivity contribution in [1.29, 1.82) is 0 Å². The van der Waals surface area contributed by atoms with E-state index in [9.17, 15) is 24.0 Å². The van der Waals surface area contributed by atoms with Crippen molar-refractivity contribution in [3.63, 3.8) is 0 Å². The number of aryl methyl sites for hydroxylation is 3. The van der Waals surface area contributed by atoms with E-state index < -0.39 is 17.9 Å². The standard InChI is InChI=1S/C36H40O11/c1-20-9-27(13-25-11-21(2)34(29(15-37)23(25)4)45-17-31(39)42-6)36(47-19-33(41)44-8)28(10-20)14-26-12-22(3)35(30(16-38)24(26)5)46-18-32(40)43-7/h9-12,15-16H,13-14,17-19H2,1-8H3. The van der Waals surface area contributed by atoms with Gasteiger partial charge in [-0.05, 0) is 79.1 Å². The normalized spacial score (nSPS) is 10.6. The summed E-state index contributed by atoms with van der Waals surface area (Å²) in [5.74, 6) is -0.641. The summed E-state index contributed by atoms with van der Waals surface area (Å²) < 4.78 is 31.6. The molecule has 250 valence electrons. The maximum Gasteiger partial charge on any atom is 0.343 e. The number of hydrogen-bond donors (Lipinski definition) is 0. The summed E-state index contributed by atoms with van der Waals surface area (Å²) in [5.41, 5.74) is 7.34. The molecule has 0 atom stereocenters. The highest BCUT2D eigenvalue weighted by Gasteiger charge is 2.22. The van der Waals surface area contributed by atoms with Gasteiger partial charge in [-0.3, -0.25) is 9.59 Å². The fourth-order valence-electron chi connectivity index (χ4n) is 5.37. The largest absolute Gasteiger partial charge is 0.481 e. The number of hydrogen-bond acceptors (Lipinski definition) is 11. The maximum absolute atomic E-state index is 12.2. The van der Waals surface area contributed by atoms with Gasteiger partial charge in [0.2, 0.25) is 0 Å². The number of aldehydes is 2. The van der Waals surface area contributed by atoms with Crippen LogP contribution in [0.5, 0.6) is 17.2 Å². The highest BCUT2D eigenvalue weighted by molar-refractivity contribution is 5.85. The number of ether oxygens (including phenoxy) is 6. The smallest absolute Gasteiger partial charge is 0.343 e. The molecule has 47 heavy (non-hydrogen) atoms. The van der Waals surface area contributed by atoms with E-state index in [1.165, 1.54) is 21.3 Å². The minimum atomic E-state index is -0.572. The lowest BCUT2D eigenvalue weighted by molar-refractivity contribution is -0.143. The van der Waals surface area contributed by atoms with Crippen LogP contribution >= 0.6 is 0 Å². The van der Waals surface area contributed by atoms with E-state index in [1.54, 1.807) is 27.7 Å². The van der Waals surface area contributed by atoms with Crippen LogP contribution in [-0.2, 0) is 41.4 Å². The second-order valence-electron chi connectivity index (χ2n) is 11.0. The molecule has 0 amide bonds. The lowest BCUT2D eigenvalue weighted by Gasteiger charge is -2.21. The van der Waals surface area contributed by atoms with Gasteiger partial charge in [0.25, 0.3) is 0 Å². The molecule has 3 aromatic rings. The molecule has 3 rings (SSSR count). The molecule has 0 bridgehead atoms. The summed E-state index contributed by atoms with van der Waals surface area (Å²) in [4.78, 5) is 60.0. The van der Waals surface area contributed by atoms with Crippen LogP contribution in [0.2, 0.25) is 0 Å². The molecular formula is C36H40O11. The van der Waals surface area contributed by atoms with E-state index in [2.05, 4.69) is 9.47 Å². The highest BCUT2D eigenvalue weighted by Crippen LogP contribution is 2.36. The number of benzene rings is 3. The molecule has 0 spiro atoms. The first-order chi connectivity index (χ1) is 22.4. The van der Waals surface area contributed by atoms with Gasteiger partial charge in [-0.25, -0.2) is 14.4 Å². The Hall–Kier alpha value is -5.19. The average Bonchev–Trinajstić information content (AvgIpc) is 3.05. The van der Waals surface area contributed by atoms with Gasteiger partial charge in [-0.15, -0.1) is 0 Å². The van der Waals surface area contributed by atoms with Crippen molar-refractivity contribution in [2.45, 2.75) is 47.5 Å². The van der Waals surface area contributed by atoms with Gasteiger partial charge in [-0.1, -0.05) is 29.8 Å². The number of methoxy groups -OCH3 is 3. The van der Waals surface area contributed by atoms with Gasteiger partial charge < -0.3 is 28.4 Å². The van der Waals surface area contributed by atoms with Crippen molar-refractivity contribution in [2.75, 3.05) is 41.2 Å². The molecule has 0 aromatic heterocycles. The van der Waals surface area contributed by atoms with Gasteiger partial charge in [0.15, 0.2) is 32.4 Å². The molecule has 0 heterocycles. The quantitative estimate of drug-likeness (QED) is 0.129. The van der Waals surface area contributed by atoms with Crippen LogP contribution in [0.1, 0.15) is 70.8 Å². The van der Waals surface area contributed by atoms with E-state index in [1.807, 2.05) is 31.2 Å². The van der Waals surface area contributed by atoms with Gasteiger partial charge in [-0.2, -0.15) is 0 Å². The Morgan fingerprint density at radius 2 is 0.872 bits per heavy atom. The number of carbonyl (C=O) groups excluding carboxylic acids is 5. The third-order valence-corrected chi connectivity index (χ3v) is 7.83. The molecule has 11 heteroatoms. The Balaban J connectivity index is 2.12. The molecule has 0 aliphatic heterocycles. The third kappa shape index (κ3) is 8.75. The van der Waals surface area contributed by atoms with Gasteiger partial charge in [0.1, 0.15) is 17.2 Å². The molecule has 0 aliphatic carbocycles. The van der Waals surface area contributed by atoms with Crippen LogP contribution in [-0.4, -0.2) is 71.6 Å². The Morgan fingerprint density at radius 3 is 1.19 bits per heavy atom. The molecule has 0 N–H and O–H groups in total. The SMILES string of the molecule is COC(=O)COc1c(Cc2cc(C)c(OCC(=O)OC)c(C=O)c2C)cc(C)cc1Cc1cc(C)c(OCC(=O)OC)c(C=O)c1C. The van der Waals surface area contributed by atoms with Crippen molar-refractivity contribution < 1.29 is 52.4 Å². The number of carbonyl (C=O) groups is 5. The topological polar surface area (TPSA) is 141 Å². The summed E-state index contributed by atoms with van der Waals surface area (Å²) in [5, 5.41) is 0. The fourth-order valence-corrected chi connectivity index (χ4v) is 5.37. The summed E-state index contributed by atoms with van der Waals surface area (Å²) in [6, 6.07) is 7.67. The summed E-state index contributed by atoms with van der Waals surface area (Å²) in [7, 11) is 3.78. The average molecular weight is 649 g/mol. The van der Waals surface area contributed by atoms with Crippen LogP contribution in [0.3, 0.4) is 0 Å². The van der Waals surface area contributed by atoms with Crippen LogP contribution in [0, 0.1) is 34.6 Å². The van der Waals surface area contributed by atoms with Crippen LogP contribution in [0.4, 0.5) is 0 Å². The van der Waals surface area contributed by atoms with Crippen molar-refractivity contribution >= 4 is 30.5 Å². The van der Waals surface area contributed by atoms with Crippen LogP contribution in [0.25, 0.3) is 0 Å².